The third-order valence-electron chi connectivity index (χ3n) is 3.92. The second-order valence-corrected chi connectivity index (χ2v) is 5.23. The van der Waals surface area contributed by atoms with E-state index in [1.54, 1.807) is 0 Å². The fourth-order valence-electron chi connectivity index (χ4n) is 2.84. The summed E-state index contributed by atoms with van der Waals surface area (Å²) in [6.07, 6.45) is 4.72. The van der Waals surface area contributed by atoms with Crippen LogP contribution in [0.15, 0.2) is 0 Å². The van der Waals surface area contributed by atoms with Gasteiger partial charge in [-0.3, -0.25) is 0 Å². The Kier molecular flexibility index (Phi) is 3.44. The minimum absolute atomic E-state index is 0. The maximum atomic E-state index is 12.6. The lowest BCUT2D eigenvalue weighted by Gasteiger charge is -2.29. The molecule has 0 spiro atoms. The van der Waals surface area contributed by atoms with Crippen LogP contribution in [0.4, 0.5) is 8.78 Å². The average molecular weight is 254 g/mol. The molecule has 94 valence electrons. The van der Waals surface area contributed by atoms with Crippen molar-refractivity contribution < 1.29 is 13.5 Å². The first-order valence-electron chi connectivity index (χ1n) is 5.89. The highest BCUT2D eigenvalue weighted by molar-refractivity contribution is 5.85. The second kappa shape index (κ2) is 4.39. The third kappa shape index (κ3) is 2.49. The minimum Gasteiger partial charge on any atom is -0.378 e. The predicted molar refractivity (Wildman–Crippen MR) is 59.2 cm³/mol. The molecule has 3 atom stereocenters. The van der Waals surface area contributed by atoms with Crippen LogP contribution >= 0.6 is 12.4 Å². The van der Waals surface area contributed by atoms with Gasteiger partial charge in [-0.2, -0.15) is 0 Å². The molecule has 0 amide bonds. The summed E-state index contributed by atoms with van der Waals surface area (Å²) in [5.74, 6) is -2.92. The number of hydrogen-bond donors (Lipinski definition) is 1. The summed E-state index contributed by atoms with van der Waals surface area (Å²) >= 11 is 0. The zero-order valence-electron chi connectivity index (χ0n) is 9.12. The lowest BCUT2D eigenvalue weighted by Crippen LogP contribution is -2.41. The number of halogens is 3. The molecule has 16 heavy (non-hydrogen) atoms. The Morgan fingerprint density at radius 3 is 2.25 bits per heavy atom. The molecule has 3 aliphatic rings. The molecule has 3 rings (SSSR count). The highest BCUT2D eigenvalue weighted by Gasteiger charge is 2.57. The lowest BCUT2D eigenvalue weighted by atomic mass is 10.0. The number of fused-ring (bicyclic) bond motifs is 2. The molecule has 2 aliphatic heterocycles. The number of hydrogen-bond acceptors (Lipinski definition) is 2. The van der Waals surface area contributed by atoms with Gasteiger partial charge in [0.25, 0.3) is 5.92 Å². The van der Waals surface area contributed by atoms with Gasteiger partial charge in [0, 0.05) is 18.5 Å². The smallest absolute Gasteiger partial charge is 0.253 e. The van der Waals surface area contributed by atoms with Gasteiger partial charge in [-0.05, 0) is 25.7 Å². The van der Waals surface area contributed by atoms with Crippen molar-refractivity contribution in [3.63, 3.8) is 0 Å². The Bertz CT molecular complexity index is 252. The molecule has 3 fully saturated rings. The quantitative estimate of drug-likeness (QED) is 0.834. The number of ether oxygens (including phenoxy) is 1. The van der Waals surface area contributed by atoms with Gasteiger partial charge in [0.2, 0.25) is 0 Å². The summed E-state index contributed by atoms with van der Waals surface area (Å²) in [7, 11) is 0. The number of nitrogens with one attached hydrogen (secondary N) is 1. The Hall–Kier alpha value is 0.0700. The molecular formula is C11H18ClF2NO. The minimum atomic E-state index is -2.42. The van der Waals surface area contributed by atoms with E-state index < -0.39 is 11.8 Å². The molecule has 2 nitrogen and oxygen atoms in total. The van der Waals surface area contributed by atoms with Crippen molar-refractivity contribution in [2.45, 2.75) is 56.2 Å². The zero-order valence-corrected chi connectivity index (χ0v) is 9.94. The van der Waals surface area contributed by atoms with E-state index in [4.69, 9.17) is 4.74 Å². The topological polar surface area (TPSA) is 21.3 Å². The first kappa shape index (κ1) is 12.5. The van der Waals surface area contributed by atoms with Crippen LogP contribution in [0.25, 0.3) is 0 Å². The molecule has 2 saturated heterocycles. The van der Waals surface area contributed by atoms with E-state index in [1.807, 2.05) is 0 Å². The van der Waals surface area contributed by atoms with Crippen LogP contribution < -0.4 is 5.32 Å². The Balaban J connectivity index is 0.000000963. The maximum Gasteiger partial charge on any atom is 0.253 e. The standard InChI is InChI=1S/C11H17F2NO.ClH/c12-11(13)5-7(11)6-15-10-3-8-1-2-9(4-10)14-8;/h7-10,14H,1-6H2;1H. The van der Waals surface area contributed by atoms with Gasteiger partial charge in [-0.1, -0.05) is 0 Å². The van der Waals surface area contributed by atoms with Gasteiger partial charge >= 0.3 is 0 Å². The Morgan fingerprint density at radius 2 is 1.75 bits per heavy atom. The summed E-state index contributed by atoms with van der Waals surface area (Å²) < 4.78 is 30.9. The van der Waals surface area contributed by atoms with E-state index in [9.17, 15) is 8.78 Å². The molecular weight excluding hydrogens is 236 g/mol. The van der Waals surface area contributed by atoms with Crippen molar-refractivity contribution in [3.8, 4) is 0 Å². The Labute approximate surface area is 101 Å². The van der Waals surface area contributed by atoms with Gasteiger partial charge in [0.1, 0.15) is 0 Å². The van der Waals surface area contributed by atoms with E-state index in [0.29, 0.717) is 12.1 Å². The van der Waals surface area contributed by atoms with Crippen LogP contribution in [0, 0.1) is 5.92 Å². The number of piperidine rings is 1. The van der Waals surface area contributed by atoms with Crippen LogP contribution in [0.3, 0.4) is 0 Å². The van der Waals surface area contributed by atoms with Crippen molar-refractivity contribution in [2.24, 2.45) is 5.92 Å². The van der Waals surface area contributed by atoms with Gasteiger partial charge in [-0.15, -0.1) is 12.4 Å². The summed E-state index contributed by atoms with van der Waals surface area (Å²) in [4.78, 5) is 0. The highest BCUT2D eigenvalue weighted by atomic mass is 35.5. The summed E-state index contributed by atoms with van der Waals surface area (Å²) in [6, 6.07) is 1.15. The lowest BCUT2D eigenvalue weighted by molar-refractivity contribution is -0.00609. The van der Waals surface area contributed by atoms with Gasteiger partial charge in [-0.25, -0.2) is 8.78 Å². The van der Waals surface area contributed by atoms with Crippen molar-refractivity contribution in [3.05, 3.63) is 0 Å². The predicted octanol–water partition coefficient (Wildman–Crippen LogP) is 2.36. The molecule has 0 aromatic carbocycles. The highest BCUT2D eigenvalue weighted by Crippen LogP contribution is 2.48. The molecule has 1 aliphatic carbocycles. The molecule has 3 unspecified atom stereocenters. The van der Waals surface area contributed by atoms with E-state index in [1.165, 1.54) is 12.8 Å². The van der Waals surface area contributed by atoms with Crippen LogP contribution in [-0.4, -0.2) is 30.7 Å². The van der Waals surface area contributed by atoms with Crippen LogP contribution in [0.2, 0.25) is 0 Å². The van der Waals surface area contributed by atoms with Crippen LogP contribution in [0.1, 0.15) is 32.1 Å². The molecule has 0 aromatic rings. The summed E-state index contributed by atoms with van der Waals surface area (Å²) in [6.45, 7) is 0.261. The zero-order chi connectivity index (χ0) is 10.5. The SMILES string of the molecule is Cl.FC1(F)CC1COC1CC2CCC(C1)N2. The summed E-state index contributed by atoms with van der Waals surface area (Å²) in [5.41, 5.74) is 0. The second-order valence-electron chi connectivity index (χ2n) is 5.23. The fourth-order valence-corrected chi connectivity index (χ4v) is 2.84. The van der Waals surface area contributed by atoms with Gasteiger partial charge in [0.05, 0.1) is 18.6 Å². The molecule has 5 heteroatoms. The molecule has 0 radical (unpaired) electrons. The van der Waals surface area contributed by atoms with Crippen molar-refractivity contribution in [2.75, 3.05) is 6.61 Å². The first-order chi connectivity index (χ1) is 7.13. The van der Waals surface area contributed by atoms with Crippen molar-refractivity contribution >= 4 is 12.4 Å². The number of rotatable bonds is 3. The molecule has 2 heterocycles. The van der Waals surface area contributed by atoms with Gasteiger partial charge in [0.15, 0.2) is 0 Å². The largest absolute Gasteiger partial charge is 0.378 e. The monoisotopic (exact) mass is 253 g/mol. The maximum absolute atomic E-state index is 12.6. The van der Waals surface area contributed by atoms with Crippen LogP contribution in [0.5, 0.6) is 0 Å². The van der Waals surface area contributed by atoms with Crippen molar-refractivity contribution in [1.82, 2.24) is 5.32 Å². The normalized spacial score (nSPS) is 43.9. The molecule has 0 aromatic heterocycles. The fraction of sp³-hybridized carbons (Fsp3) is 1.00. The van der Waals surface area contributed by atoms with E-state index >= 15 is 0 Å². The number of alkyl halides is 2. The van der Waals surface area contributed by atoms with E-state index in [-0.39, 0.29) is 31.5 Å². The molecule has 2 bridgehead atoms. The molecule has 1 N–H and O–H groups in total. The Morgan fingerprint density at radius 1 is 1.19 bits per heavy atom. The van der Waals surface area contributed by atoms with Gasteiger partial charge < -0.3 is 10.1 Å². The van der Waals surface area contributed by atoms with Crippen molar-refractivity contribution in [1.29, 1.82) is 0 Å². The first-order valence-corrected chi connectivity index (χ1v) is 5.89. The van der Waals surface area contributed by atoms with E-state index in [2.05, 4.69) is 5.32 Å². The average Bonchev–Trinajstić information content (AvgIpc) is 2.66. The molecule has 1 saturated carbocycles. The third-order valence-corrected chi connectivity index (χ3v) is 3.92. The summed E-state index contributed by atoms with van der Waals surface area (Å²) in [5, 5.41) is 3.51. The van der Waals surface area contributed by atoms with E-state index in [0.717, 1.165) is 12.8 Å². The van der Waals surface area contributed by atoms with Crippen LogP contribution in [-0.2, 0) is 4.74 Å².